The number of fused-ring (bicyclic) bond motifs is 1. The van der Waals surface area contributed by atoms with Crippen LogP contribution in [0.5, 0.6) is 0 Å². The van der Waals surface area contributed by atoms with E-state index in [0.717, 1.165) is 0 Å². The number of nitrogens with zero attached hydrogens (tertiary/aromatic N) is 6. The van der Waals surface area contributed by atoms with Crippen LogP contribution in [0.2, 0.25) is 0 Å². The first kappa shape index (κ1) is 9.45. The van der Waals surface area contributed by atoms with Crippen LogP contribution < -0.4 is 0 Å². The summed E-state index contributed by atoms with van der Waals surface area (Å²) < 4.78 is 0. The Morgan fingerprint density at radius 2 is 2.00 bits per heavy atom. The zero-order valence-corrected chi connectivity index (χ0v) is 8.49. The van der Waals surface area contributed by atoms with Crippen LogP contribution in [0.15, 0.2) is 23.6 Å². The minimum Gasteiger partial charge on any atom is -0.369 e. The summed E-state index contributed by atoms with van der Waals surface area (Å²) in [4.78, 5) is 22.2. The summed E-state index contributed by atoms with van der Waals surface area (Å²) in [5.74, 6) is 0.386. The molecule has 0 N–H and O–H groups in total. The van der Waals surface area contributed by atoms with Gasteiger partial charge in [0.1, 0.15) is 5.52 Å². The largest absolute Gasteiger partial charge is 0.369 e. The molecule has 2 heterocycles. The van der Waals surface area contributed by atoms with E-state index in [0.29, 0.717) is 17.1 Å². The van der Waals surface area contributed by atoms with Gasteiger partial charge in [-0.3, -0.25) is 0 Å². The molecule has 2 aromatic heterocycles. The molecule has 0 unspecified atom stereocenters. The van der Waals surface area contributed by atoms with Crippen molar-refractivity contribution < 1.29 is 0 Å². The second kappa shape index (κ2) is 3.95. The molecule has 0 aliphatic carbocycles. The monoisotopic (exact) mass is 202 g/mol. The Bertz CT molecular complexity index is 493. The van der Waals surface area contributed by atoms with Crippen molar-refractivity contribution in [3.8, 4) is 0 Å². The van der Waals surface area contributed by atoms with Crippen LogP contribution in [0.3, 0.4) is 0 Å². The van der Waals surface area contributed by atoms with Crippen molar-refractivity contribution in [2.45, 2.75) is 0 Å². The van der Waals surface area contributed by atoms with E-state index in [1.807, 2.05) is 19.0 Å². The van der Waals surface area contributed by atoms with Gasteiger partial charge in [0.25, 0.3) is 5.95 Å². The van der Waals surface area contributed by atoms with Gasteiger partial charge in [-0.1, -0.05) is 0 Å². The SMILES string of the molecule is CN(C)C=Nc1ncc2nccnc2n1. The maximum absolute atomic E-state index is 4.14. The summed E-state index contributed by atoms with van der Waals surface area (Å²) in [5.41, 5.74) is 1.22. The van der Waals surface area contributed by atoms with Crippen molar-refractivity contribution in [3.05, 3.63) is 18.6 Å². The van der Waals surface area contributed by atoms with Crippen molar-refractivity contribution >= 4 is 23.5 Å². The number of aromatic nitrogens is 4. The normalized spacial score (nSPS) is 11.1. The molecule has 6 nitrogen and oxygen atoms in total. The molecule has 0 bridgehead atoms. The second-order valence-electron chi connectivity index (χ2n) is 3.14. The first-order valence-corrected chi connectivity index (χ1v) is 4.40. The minimum absolute atomic E-state index is 0.386. The molecule has 2 aromatic rings. The number of hydrogen-bond donors (Lipinski definition) is 0. The molecule has 15 heavy (non-hydrogen) atoms. The molecule has 76 valence electrons. The van der Waals surface area contributed by atoms with E-state index in [-0.39, 0.29) is 0 Å². The lowest BCUT2D eigenvalue weighted by Crippen LogP contribution is -2.07. The summed E-state index contributed by atoms with van der Waals surface area (Å²) in [6.45, 7) is 0. The first-order chi connectivity index (χ1) is 7.25. The predicted octanol–water partition coefficient (Wildman–Crippen LogP) is 0.641. The molecule has 0 saturated heterocycles. The van der Waals surface area contributed by atoms with Crippen LogP contribution in [0, 0.1) is 0 Å². The highest BCUT2D eigenvalue weighted by Crippen LogP contribution is 2.08. The summed E-state index contributed by atoms with van der Waals surface area (Å²) in [6, 6.07) is 0. The molecule has 0 aliphatic heterocycles. The molecule has 0 radical (unpaired) electrons. The molecule has 0 aromatic carbocycles. The Hall–Kier alpha value is -2.11. The molecule has 0 fully saturated rings. The van der Waals surface area contributed by atoms with Crippen LogP contribution in [0.4, 0.5) is 5.95 Å². The van der Waals surface area contributed by atoms with Crippen LogP contribution >= 0.6 is 0 Å². The quantitative estimate of drug-likeness (QED) is 0.528. The standard InChI is InChI=1S/C9H10N6/c1-15(2)6-13-9-12-5-7-8(14-9)11-4-3-10-7/h3-6H,1-2H3. The molecule has 0 saturated carbocycles. The van der Waals surface area contributed by atoms with Gasteiger partial charge in [0.15, 0.2) is 5.65 Å². The van der Waals surface area contributed by atoms with Crippen molar-refractivity contribution in [1.82, 2.24) is 24.8 Å². The van der Waals surface area contributed by atoms with Crippen molar-refractivity contribution in [1.29, 1.82) is 0 Å². The molecule has 2 rings (SSSR count). The molecule has 0 atom stereocenters. The van der Waals surface area contributed by atoms with E-state index < -0.39 is 0 Å². The average Bonchev–Trinajstić information content (AvgIpc) is 2.26. The fraction of sp³-hybridized carbons (Fsp3) is 0.222. The van der Waals surface area contributed by atoms with Crippen molar-refractivity contribution in [3.63, 3.8) is 0 Å². The number of rotatable bonds is 2. The average molecular weight is 202 g/mol. The van der Waals surface area contributed by atoms with Gasteiger partial charge < -0.3 is 4.90 Å². The Morgan fingerprint density at radius 3 is 2.80 bits per heavy atom. The van der Waals surface area contributed by atoms with Crippen LogP contribution in [0.25, 0.3) is 11.2 Å². The maximum atomic E-state index is 4.14. The van der Waals surface area contributed by atoms with Gasteiger partial charge in [-0.05, 0) is 0 Å². The number of aliphatic imine (C=N–C) groups is 1. The smallest absolute Gasteiger partial charge is 0.252 e. The molecule has 6 heteroatoms. The molecular formula is C9H10N6. The summed E-state index contributed by atoms with van der Waals surface area (Å²) in [6.07, 6.45) is 6.44. The van der Waals surface area contributed by atoms with Gasteiger partial charge in [-0.15, -0.1) is 0 Å². The van der Waals surface area contributed by atoms with E-state index in [9.17, 15) is 0 Å². The summed E-state index contributed by atoms with van der Waals surface area (Å²) >= 11 is 0. The van der Waals surface area contributed by atoms with Gasteiger partial charge in [-0.25, -0.2) is 19.9 Å². The van der Waals surface area contributed by atoms with E-state index >= 15 is 0 Å². The lowest BCUT2D eigenvalue weighted by atomic mass is 10.5. The highest BCUT2D eigenvalue weighted by atomic mass is 15.1. The third kappa shape index (κ3) is 2.22. The second-order valence-corrected chi connectivity index (χ2v) is 3.14. The third-order valence-corrected chi connectivity index (χ3v) is 1.62. The maximum Gasteiger partial charge on any atom is 0.252 e. The van der Waals surface area contributed by atoms with Crippen molar-refractivity contribution in [2.24, 2.45) is 4.99 Å². The Morgan fingerprint density at radius 1 is 1.20 bits per heavy atom. The first-order valence-electron chi connectivity index (χ1n) is 4.40. The van der Waals surface area contributed by atoms with E-state index in [2.05, 4.69) is 24.9 Å². The highest BCUT2D eigenvalue weighted by Gasteiger charge is 1.98. The van der Waals surface area contributed by atoms with E-state index in [4.69, 9.17) is 0 Å². The number of hydrogen-bond acceptors (Lipinski definition) is 5. The molecular weight excluding hydrogens is 192 g/mol. The third-order valence-electron chi connectivity index (χ3n) is 1.62. The van der Waals surface area contributed by atoms with Crippen LogP contribution in [-0.2, 0) is 0 Å². The highest BCUT2D eigenvalue weighted by molar-refractivity contribution is 5.69. The topological polar surface area (TPSA) is 67.2 Å². The van der Waals surface area contributed by atoms with Gasteiger partial charge in [0, 0.05) is 26.5 Å². The lowest BCUT2D eigenvalue weighted by Gasteiger charge is -2.01. The zero-order valence-electron chi connectivity index (χ0n) is 8.49. The van der Waals surface area contributed by atoms with Gasteiger partial charge in [0.2, 0.25) is 0 Å². The van der Waals surface area contributed by atoms with E-state index in [1.165, 1.54) is 0 Å². The summed E-state index contributed by atoms with van der Waals surface area (Å²) in [5, 5.41) is 0. The predicted molar refractivity (Wildman–Crippen MR) is 57.0 cm³/mol. The molecule has 0 amide bonds. The Kier molecular flexibility index (Phi) is 2.49. The fourth-order valence-electron chi connectivity index (χ4n) is 0.990. The Labute approximate surface area is 86.7 Å². The fourth-order valence-corrected chi connectivity index (χ4v) is 0.990. The summed E-state index contributed by atoms with van der Waals surface area (Å²) in [7, 11) is 3.76. The molecule has 0 aliphatic rings. The lowest BCUT2D eigenvalue weighted by molar-refractivity contribution is 0.642. The molecule has 0 spiro atoms. The van der Waals surface area contributed by atoms with Crippen LogP contribution in [0.1, 0.15) is 0 Å². The van der Waals surface area contributed by atoms with Gasteiger partial charge >= 0.3 is 0 Å². The zero-order chi connectivity index (χ0) is 10.7. The van der Waals surface area contributed by atoms with Crippen molar-refractivity contribution in [2.75, 3.05) is 14.1 Å². The van der Waals surface area contributed by atoms with E-state index in [1.54, 1.807) is 24.9 Å². The minimum atomic E-state index is 0.386. The van der Waals surface area contributed by atoms with Gasteiger partial charge in [-0.2, -0.15) is 4.98 Å². The van der Waals surface area contributed by atoms with Crippen LogP contribution in [-0.4, -0.2) is 45.3 Å². The Balaban J connectivity index is 2.39. The van der Waals surface area contributed by atoms with Gasteiger partial charge in [0.05, 0.1) is 12.5 Å².